The highest BCUT2D eigenvalue weighted by Gasteiger charge is 2.16. The van der Waals surface area contributed by atoms with Gasteiger partial charge in [-0.05, 0) is 37.3 Å². The van der Waals surface area contributed by atoms with Crippen LogP contribution in [0.1, 0.15) is 41.3 Å². The molecule has 1 amide bonds. The maximum absolute atomic E-state index is 11.9. The van der Waals surface area contributed by atoms with Gasteiger partial charge < -0.3 is 14.6 Å². The van der Waals surface area contributed by atoms with Gasteiger partial charge in [-0.25, -0.2) is 0 Å². The Hall–Kier alpha value is -2.21. The first-order valence-corrected chi connectivity index (χ1v) is 8.04. The van der Waals surface area contributed by atoms with Crippen LogP contribution in [0, 0.1) is 5.92 Å². The minimum Gasteiger partial charge on any atom is -0.381 e. The summed E-state index contributed by atoms with van der Waals surface area (Å²) >= 11 is 0. The van der Waals surface area contributed by atoms with Crippen molar-refractivity contribution in [1.29, 1.82) is 0 Å². The zero-order chi connectivity index (χ0) is 15.9. The topological polar surface area (TPSA) is 77.2 Å². The van der Waals surface area contributed by atoms with E-state index in [1.807, 2.05) is 18.2 Å². The number of carbonyl (C=O) groups excluding carboxylic acids is 1. The maximum atomic E-state index is 11.9. The van der Waals surface area contributed by atoms with E-state index in [1.54, 1.807) is 12.1 Å². The van der Waals surface area contributed by atoms with E-state index in [4.69, 9.17) is 9.26 Å². The monoisotopic (exact) mass is 315 g/mol. The molecule has 0 spiro atoms. The van der Waals surface area contributed by atoms with E-state index in [2.05, 4.69) is 15.5 Å². The van der Waals surface area contributed by atoms with E-state index >= 15 is 0 Å². The van der Waals surface area contributed by atoms with Crippen LogP contribution in [0.5, 0.6) is 0 Å². The summed E-state index contributed by atoms with van der Waals surface area (Å²) in [5, 5.41) is 6.70. The largest absolute Gasteiger partial charge is 0.381 e. The second kappa shape index (κ2) is 7.87. The number of aromatic nitrogens is 2. The molecule has 3 rings (SSSR count). The third-order valence-corrected chi connectivity index (χ3v) is 3.97. The van der Waals surface area contributed by atoms with Crippen molar-refractivity contribution in [2.75, 3.05) is 13.2 Å². The molecule has 0 bridgehead atoms. The molecule has 6 heteroatoms. The molecule has 0 radical (unpaired) electrons. The van der Waals surface area contributed by atoms with Gasteiger partial charge in [-0.3, -0.25) is 4.79 Å². The van der Waals surface area contributed by atoms with Crippen molar-refractivity contribution >= 4 is 5.91 Å². The normalized spacial score (nSPS) is 17.8. The molecule has 1 aromatic heterocycles. The van der Waals surface area contributed by atoms with Gasteiger partial charge in [-0.15, -0.1) is 0 Å². The van der Waals surface area contributed by atoms with Gasteiger partial charge in [0.1, 0.15) is 0 Å². The number of amides is 1. The maximum Gasteiger partial charge on any atom is 0.251 e. The Bertz CT molecular complexity index is 621. The highest BCUT2D eigenvalue weighted by atomic mass is 16.5. The van der Waals surface area contributed by atoms with Crippen LogP contribution in [0.2, 0.25) is 0 Å². The fraction of sp³-hybridized carbons (Fsp3) is 0.471. The Morgan fingerprint density at radius 2 is 2.17 bits per heavy atom. The Morgan fingerprint density at radius 3 is 2.96 bits per heavy atom. The Kier molecular flexibility index (Phi) is 5.37. The molecule has 1 N–H and O–H groups in total. The molecule has 23 heavy (non-hydrogen) atoms. The van der Waals surface area contributed by atoms with Crippen LogP contribution >= 0.6 is 0 Å². The van der Waals surface area contributed by atoms with E-state index in [9.17, 15) is 4.79 Å². The van der Waals surface area contributed by atoms with Crippen molar-refractivity contribution in [2.24, 2.45) is 5.92 Å². The number of ether oxygens (including phenoxy) is 1. The van der Waals surface area contributed by atoms with Gasteiger partial charge in [0.25, 0.3) is 5.91 Å². The molecule has 1 saturated heterocycles. The number of nitrogens with one attached hydrogen (secondary N) is 1. The third kappa shape index (κ3) is 4.63. The van der Waals surface area contributed by atoms with Crippen molar-refractivity contribution in [3.8, 4) is 0 Å². The molecular formula is C17H21N3O3. The molecule has 0 saturated carbocycles. The van der Waals surface area contributed by atoms with Crippen LogP contribution in [-0.2, 0) is 17.7 Å². The summed E-state index contributed by atoms with van der Waals surface area (Å²) in [6.45, 7) is 1.97. The zero-order valence-corrected chi connectivity index (χ0v) is 13.0. The Morgan fingerprint density at radius 1 is 1.30 bits per heavy atom. The summed E-state index contributed by atoms with van der Waals surface area (Å²) < 4.78 is 10.7. The first kappa shape index (κ1) is 15.7. The molecular weight excluding hydrogens is 294 g/mol. The molecule has 0 aliphatic carbocycles. The minimum absolute atomic E-state index is 0.142. The first-order valence-electron chi connectivity index (χ1n) is 8.04. The molecule has 122 valence electrons. The number of carbonyl (C=O) groups is 1. The summed E-state index contributed by atoms with van der Waals surface area (Å²) in [6.07, 6.45) is 4.09. The number of rotatable bonds is 6. The van der Waals surface area contributed by atoms with Gasteiger partial charge in [0.15, 0.2) is 5.82 Å². The predicted molar refractivity (Wildman–Crippen MR) is 83.8 cm³/mol. The van der Waals surface area contributed by atoms with Crippen molar-refractivity contribution in [2.45, 2.75) is 32.2 Å². The lowest BCUT2D eigenvalue weighted by Gasteiger charge is -2.20. The van der Waals surface area contributed by atoms with E-state index < -0.39 is 0 Å². The molecule has 2 aromatic rings. The Balaban J connectivity index is 1.44. The quantitative estimate of drug-likeness (QED) is 0.885. The van der Waals surface area contributed by atoms with Crippen LogP contribution in [0.25, 0.3) is 0 Å². The Labute approximate surface area is 135 Å². The fourth-order valence-corrected chi connectivity index (χ4v) is 2.68. The number of aryl methyl sites for hydroxylation is 1. The molecule has 2 heterocycles. The van der Waals surface area contributed by atoms with Crippen LogP contribution in [0.3, 0.4) is 0 Å². The van der Waals surface area contributed by atoms with Crippen LogP contribution in [-0.4, -0.2) is 29.3 Å². The van der Waals surface area contributed by atoms with Crippen LogP contribution in [0.15, 0.2) is 34.9 Å². The highest BCUT2D eigenvalue weighted by Crippen LogP contribution is 2.19. The standard InChI is InChI=1S/C17H21N3O3/c21-17(14-6-2-1-3-7-14)18-11-15-19-16(23-20-15)9-8-13-5-4-10-22-12-13/h1-3,6-7,13H,4-5,8-12H2,(H,18,21)/t13-/m0/s1. The number of benzene rings is 1. The lowest BCUT2D eigenvalue weighted by Crippen LogP contribution is -2.23. The second-order valence-corrected chi connectivity index (χ2v) is 5.77. The summed E-state index contributed by atoms with van der Waals surface area (Å²) in [5.74, 6) is 1.57. The van der Waals surface area contributed by atoms with E-state index in [1.165, 1.54) is 6.42 Å². The van der Waals surface area contributed by atoms with Gasteiger partial charge in [-0.1, -0.05) is 23.4 Å². The summed E-state index contributed by atoms with van der Waals surface area (Å²) in [6, 6.07) is 9.07. The van der Waals surface area contributed by atoms with E-state index in [-0.39, 0.29) is 12.5 Å². The smallest absolute Gasteiger partial charge is 0.251 e. The molecule has 1 aliphatic heterocycles. The molecule has 1 aromatic carbocycles. The molecule has 6 nitrogen and oxygen atoms in total. The third-order valence-electron chi connectivity index (χ3n) is 3.97. The van der Waals surface area contributed by atoms with Crippen LogP contribution < -0.4 is 5.32 Å². The zero-order valence-electron chi connectivity index (χ0n) is 13.0. The number of hydrogen-bond donors (Lipinski definition) is 1. The van der Waals surface area contributed by atoms with Crippen molar-refractivity contribution in [3.05, 3.63) is 47.6 Å². The number of hydrogen-bond acceptors (Lipinski definition) is 5. The molecule has 1 fully saturated rings. The van der Waals surface area contributed by atoms with Crippen molar-refractivity contribution in [1.82, 2.24) is 15.5 Å². The van der Waals surface area contributed by atoms with E-state index in [0.717, 1.165) is 32.5 Å². The first-order chi connectivity index (χ1) is 11.3. The van der Waals surface area contributed by atoms with Gasteiger partial charge in [0, 0.05) is 25.2 Å². The predicted octanol–water partition coefficient (Wildman–Crippen LogP) is 2.36. The lowest BCUT2D eigenvalue weighted by atomic mass is 9.97. The van der Waals surface area contributed by atoms with Crippen molar-refractivity contribution in [3.63, 3.8) is 0 Å². The average molecular weight is 315 g/mol. The fourth-order valence-electron chi connectivity index (χ4n) is 2.68. The average Bonchev–Trinajstić information content (AvgIpc) is 3.07. The lowest BCUT2D eigenvalue weighted by molar-refractivity contribution is 0.0511. The summed E-state index contributed by atoms with van der Waals surface area (Å²) in [4.78, 5) is 16.3. The second-order valence-electron chi connectivity index (χ2n) is 5.77. The molecule has 1 atom stereocenters. The molecule has 0 unspecified atom stereocenters. The summed E-state index contributed by atoms with van der Waals surface area (Å²) in [7, 11) is 0. The summed E-state index contributed by atoms with van der Waals surface area (Å²) in [5.41, 5.74) is 0.619. The van der Waals surface area contributed by atoms with Crippen molar-refractivity contribution < 1.29 is 14.1 Å². The highest BCUT2D eigenvalue weighted by molar-refractivity contribution is 5.93. The SMILES string of the molecule is O=C(NCc1noc(CC[C@@H]2CCCOC2)n1)c1ccccc1. The van der Waals surface area contributed by atoms with E-state index in [0.29, 0.717) is 23.2 Å². The van der Waals surface area contributed by atoms with Gasteiger partial charge in [-0.2, -0.15) is 4.98 Å². The molecule has 1 aliphatic rings. The van der Waals surface area contributed by atoms with Crippen LogP contribution in [0.4, 0.5) is 0 Å². The van der Waals surface area contributed by atoms with Gasteiger partial charge in [0.05, 0.1) is 6.54 Å². The minimum atomic E-state index is -0.142. The van der Waals surface area contributed by atoms with Gasteiger partial charge >= 0.3 is 0 Å². The number of nitrogens with zero attached hydrogens (tertiary/aromatic N) is 2. The van der Waals surface area contributed by atoms with Gasteiger partial charge in [0.2, 0.25) is 5.89 Å².